The van der Waals surface area contributed by atoms with E-state index in [0.717, 1.165) is 6.54 Å². The highest BCUT2D eigenvalue weighted by atomic mass is 16.2. The molecule has 3 nitrogen and oxygen atoms in total. The van der Waals surface area contributed by atoms with Gasteiger partial charge in [0.2, 0.25) is 5.91 Å². The van der Waals surface area contributed by atoms with Gasteiger partial charge in [-0.05, 0) is 32.6 Å². The van der Waals surface area contributed by atoms with Crippen LogP contribution in [0.2, 0.25) is 0 Å². The fourth-order valence-corrected chi connectivity index (χ4v) is 2.72. The number of amides is 1. The summed E-state index contributed by atoms with van der Waals surface area (Å²) in [5.41, 5.74) is 0. The van der Waals surface area contributed by atoms with E-state index in [1.54, 1.807) is 0 Å². The van der Waals surface area contributed by atoms with Crippen LogP contribution in [0, 0.1) is 23.2 Å². The zero-order valence-corrected chi connectivity index (χ0v) is 11.8. The number of nitrogens with zero attached hydrogens (tertiary/aromatic N) is 2. The fraction of sp³-hybridized carbons (Fsp3) is 0.867. The first-order valence-electron chi connectivity index (χ1n) is 7.34. The Morgan fingerprint density at radius 3 is 2.44 bits per heavy atom. The van der Waals surface area contributed by atoms with Crippen LogP contribution < -0.4 is 0 Å². The SMILES string of the molecule is CCN(CC(C)C#N)C(=O)CC1CCCCCC1. The monoisotopic (exact) mass is 250 g/mol. The van der Waals surface area contributed by atoms with Crippen LogP contribution in [0.4, 0.5) is 0 Å². The Labute approximate surface area is 111 Å². The van der Waals surface area contributed by atoms with Gasteiger partial charge in [-0.2, -0.15) is 5.26 Å². The molecule has 0 aliphatic heterocycles. The second kappa shape index (κ2) is 8.13. The van der Waals surface area contributed by atoms with E-state index in [1.807, 2.05) is 18.7 Å². The average Bonchev–Trinajstić information content (AvgIpc) is 2.64. The molecule has 1 aliphatic rings. The number of nitriles is 1. The predicted octanol–water partition coefficient (Wildman–Crippen LogP) is 3.36. The molecular weight excluding hydrogens is 224 g/mol. The molecule has 0 bridgehead atoms. The highest BCUT2D eigenvalue weighted by molar-refractivity contribution is 5.76. The molecule has 18 heavy (non-hydrogen) atoms. The lowest BCUT2D eigenvalue weighted by Gasteiger charge is -2.24. The summed E-state index contributed by atoms with van der Waals surface area (Å²) in [6.45, 7) is 5.17. The highest BCUT2D eigenvalue weighted by Gasteiger charge is 2.20. The maximum absolute atomic E-state index is 12.2. The van der Waals surface area contributed by atoms with Crippen molar-refractivity contribution in [3.63, 3.8) is 0 Å². The molecule has 0 saturated heterocycles. The summed E-state index contributed by atoms with van der Waals surface area (Å²) < 4.78 is 0. The lowest BCUT2D eigenvalue weighted by atomic mass is 9.96. The zero-order chi connectivity index (χ0) is 13.4. The van der Waals surface area contributed by atoms with Crippen molar-refractivity contribution in [2.45, 2.75) is 58.8 Å². The van der Waals surface area contributed by atoms with Gasteiger partial charge < -0.3 is 4.90 Å². The lowest BCUT2D eigenvalue weighted by Crippen LogP contribution is -2.35. The molecule has 0 spiro atoms. The van der Waals surface area contributed by atoms with Gasteiger partial charge in [-0.25, -0.2) is 0 Å². The van der Waals surface area contributed by atoms with E-state index in [0.29, 0.717) is 18.9 Å². The van der Waals surface area contributed by atoms with Crippen molar-refractivity contribution in [3.8, 4) is 6.07 Å². The normalized spacial score (nSPS) is 18.7. The van der Waals surface area contributed by atoms with E-state index in [4.69, 9.17) is 5.26 Å². The number of rotatable bonds is 5. The molecule has 0 aromatic heterocycles. The van der Waals surface area contributed by atoms with E-state index in [1.165, 1.54) is 38.5 Å². The van der Waals surface area contributed by atoms with Crippen molar-refractivity contribution >= 4 is 5.91 Å². The number of carbonyl (C=O) groups excluding carboxylic acids is 1. The molecule has 1 atom stereocenters. The molecule has 0 aromatic rings. The highest BCUT2D eigenvalue weighted by Crippen LogP contribution is 2.26. The fourth-order valence-electron chi connectivity index (χ4n) is 2.72. The minimum Gasteiger partial charge on any atom is -0.342 e. The van der Waals surface area contributed by atoms with Gasteiger partial charge in [0, 0.05) is 19.5 Å². The Morgan fingerprint density at radius 1 is 1.33 bits per heavy atom. The van der Waals surface area contributed by atoms with E-state index in [-0.39, 0.29) is 11.8 Å². The van der Waals surface area contributed by atoms with Crippen molar-refractivity contribution in [1.82, 2.24) is 4.90 Å². The molecule has 1 aliphatic carbocycles. The second-order valence-corrected chi connectivity index (χ2v) is 5.52. The molecule has 1 unspecified atom stereocenters. The smallest absolute Gasteiger partial charge is 0.222 e. The largest absolute Gasteiger partial charge is 0.342 e. The van der Waals surface area contributed by atoms with Crippen molar-refractivity contribution in [2.24, 2.45) is 11.8 Å². The van der Waals surface area contributed by atoms with Gasteiger partial charge in [0.05, 0.1) is 12.0 Å². The Hall–Kier alpha value is -1.04. The summed E-state index contributed by atoms with van der Waals surface area (Å²) in [6, 6.07) is 2.20. The Bertz CT molecular complexity index is 287. The number of hydrogen-bond acceptors (Lipinski definition) is 2. The van der Waals surface area contributed by atoms with Gasteiger partial charge in [-0.3, -0.25) is 4.79 Å². The molecule has 102 valence electrons. The van der Waals surface area contributed by atoms with Crippen LogP contribution in [0.5, 0.6) is 0 Å². The van der Waals surface area contributed by atoms with Gasteiger partial charge in [-0.1, -0.05) is 25.7 Å². The van der Waals surface area contributed by atoms with E-state index < -0.39 is 0 Å². The minimum absolute atomic E-state index is 0.0666. The molecular formula is C15H26N2O. The summed E-state index contributed by atoms with van der Waals surface area (Å²) in [5, 5.41) is 8.83. The Morgan fingerprint density at radius 2 is 1.94 bits per heavy atom. The third-order valence-electron chi connectivity index (χ3n) is 3.89. The van der Waals surface area contributed by atoms with Gasteiger partial charge in [0.1, 0.15) is 0 Å². The third-order valence-corrected chi connectivity index (χ3v) is 3.89. The van der Waals surface area contributed by atoms with Gasteiger partial charge >= 0.3 is 0 Å². The molecule has 1 saturated carbocycles. The van der Waals surface area contributed by atoms with Crippen molar-refractivity contribution in [2.75, 3.05) is 13.1 Å². The first kappa shape index (κ1) is 15.0. The van der Waals surface area contributed by atoms with E-state index in [2.05, 4.69) is 6.07 Å². The van der Waals surface area contributed by atoms with E-state index in [9.17, 15) is 4.79 Å². The van der Waals surface area contributed by atoms with Gasteiger partial charge in [0.25, 0.3) is 0 Å². The summed E-state index contributed by atoms with van der Waals surface area (Å²) in [4.78, 5) is 14.1. The van der Waals surface area contributed by atoms with Gasteiger partial charge in [-0.15, -0.1) is 0 Å². The quantitative estimate of drug-likeness (QED) is 0.702. The number of carbonyl (C=O) groups is 1. The molecule has 0 N–H and O–H groups in total. The van der Waals surface area contributed by atoms with Crippen molar-refractivity contribution in [1.29, 1.82) is 5.26 Å². The summed E-state index contributed by atoms with van der Waals surface area (Å²) in [7, 11) is 0. The maximum atomic E-state index is 12.2. The molecule has 0 heterocycles. The van der Waals surface area contributed by atoms with Crippen LogP contribution in [-0.4, -0.2) is 23.9 Å². The van der Waals surface area contributed by atoms with Crippen LogP contribution >= 0.6 is 0 Å². The maximum Gasteiger partial charge on any atom is 0.222 e. The standard InChI is InChI=1S/C15H26N2O/c1-3-17(12-13(2)11-16)15(18)10-14-8-6-4-5-7-9-14/h13-14H,3-10,12H2,1-2H3. The van der Waals surface area contributed by atoms with Crippen LogP contribution in [0.3, 0.4) is 0 Å². The average molecular weight is 250 g/mol. The van der Waals surface area contributed by atoms with Crippen LogP contribution in [0.15, 0.2) is 0 Å². The molecule has 1 rings (SSSR count). The molecule has 0 aromatic carbocycles. The topological polar surface area (TPSA) is 44.1 Å². The first-order valence-corrected chi connectivity index (χ1v) is 7.34. The predicted molar refractivity (Wildman–Crippen MR) is 72.8 cm³/mol. The van der Waals surface area contributed by atoms with Crippen molar-refractivity contribution < 1.29 is 4.79 Å². The zero-order valence-electron chi connectivity index (χ0n) is 11.8. The van der Waals surface area contributed by atoms with Crippen LogP contribution in [0.1, 0.15) is 58.8 Å². The lowest BCUT2D eigenvalue weighted by molar-refractivity contribution is -0.132. The summed E-state index contributed by atoms with van der Waals surface area (Å²) in [6.07, 6.45) is 8.30. The summed E-state index contributed by atoms with van der Waals surface area (Å²) >= 11 is 0. The minimum atomic E-state index is -0.0666. The summed E-state index contributed by atoms with van der Waals surface area (Å²) in [5.74, 6) is 0.751. The molecule has 1 fully saturated rings. The Balaban J connectivity index is 2.43. The molecule has 0 radical (unpaired) electrons. The van der Waals surface area contributed by atoms with Crippen molar-refractivity contribution in [3.05, 3.63) is 0 Å². The number of hydrogen-bond donors (Lipinski definition) is 0. The second-order valence-electron chi connectivity index (χ2n) is 5.52. The molecule has 3 heteroatoms. The van der Waals surface area contributed by atoms with Crippen LogP contribution in [-0.2, 0) is 4.79 Å². The van der Waals surface area contributed by atoms with Crippen LogP contribution in [0.25, 0.3) is 0 Å². The van der Waals surface area contributed by atoms with E-state index >= 15 is 0 Å². The molecule has 1 amide bonds. The Kier molecular flexibility index (Phi) is 6.78. The third kappa shape index (κ3) is 5.08. The first-order chi connectivity index (χ1) is 8.67. The van der Waals surface area contributed by atoms with Gasteiger partial charge in [0.15, 0.2) is 0 Å².